The van der Waals surface area contributed by atoms with E-state index in [9.17, 15) is 4.79 Å². The number of thioether (sulfide) groups is 1. The van der Waals surface area contributed by atoms with Crippen LogP contribution in [0.3, 0.4) is 0 Å². The number of rotatable bonds is 5. The molecule has 1 radical (unpaired) electrons. The monoisotopic (exact) mass is 325 g/mol. The molecule has 117 valence electrons. The predicted molar refractivity (Wildman–Crippen MR) is 93.5 cm³/mol. The average molecular weight is 325 g/mol. The molecule has 2 aromatic carbocycles. The molecule has 0 aliphatic heterocycles. The number of aromatic nitrogens is 2. The van der Waals surface area contributed by atoms with Crippen molar-refractivity contribution >= 4 is 11.8 Å². The van der Waals surface area contributed by atoms with Gasteiger partial charge < -0.3 is 4.52 Å². The number of H-pyrrole nitrogens is 1. The topological polar surface area (TPSA) is 58.9 Å². The molecule has 0 spiro atoms. The molecular weight excluding hydrogens is 308 g/mol. The third-order valence-electron chi connectivity index (χ3n) is 3.52. The maximum absolute atomic E-state index is 11.1. The van der Waals surface area contributed by atoms with E-state index in [1.807, 2.05) is 36.9 Å². The fourth-order valence-electron chi connectivity index (χ4n) is 2.42. The lowest BCUT2D eigenvalue weighted by atomic mass is 10.0. The number of nitrogens with zero attached hydrogens (tertiary/aromatic N) is 1. The minimum Gasteiger partial charge on any atom is -0.321 e. The summed E-state index contributed by atoms with van der Waals surface area (Å²) >= 11 is 1.82. The van der Waals surface area contributed by atoms with Gasteiger partial charge in [0, 0.05) is 10.5 Å². The summed E-state index contributed by atoms with van der Waals surface area (Å²) in [5.41, 5.74) is 4.30. The maximum atomic E-state index is 11.1. The Balaban J connectivity index is 2.06. The highest BCUT2D eigenvalue weighted by Crippen LogP contribution is 2.34. The number of nitrogens with one attached hydrogen (secondary N) is 1. The van der Waals surface area contributed by atoms with Gasteiger partial charge in [-0.05, 0) is 41.0 Å². The van der Waals surface area contributed by atoms with Crippen LogP contribution in [0, 0.1) is 6.42 Å². The summed E-state index contributed by atoms with van der Waals surface area (Å²) < 4.78 is 4.66. The van der Waals surface area contributed by atoms with Crippen molar-refractivity contribution in [1.29, 1.82) is 0 Å². The molecule has 0 amide bonds. The summed E-state index contributed by atoms with van der Waals surface area (Å²) in [6.45, 7) is 4.18. The molecule has 0 aliphatic carbocycles. The first-order valence-electron chi connectivity index (χ1n) is 7.43. The Morgan fingerprint density at radius 2 is 2.04 bits per heavy atom. The molecule has 0 fully saturated rings. The van der Waals surface area contributed by atoms with Gasteiger partial charge >= 0.3 is 5.76 Å². The smallest absolute Gasteiger partial charge is 0.321 e. The van der Waals surface area contributed by atoms with Crippen LogP contribution in [0.2, 0.25) is 0 Å². The maximum Gasteiger partial charge on any atom is 0.460 e. The van der Waals surface area contributed by atoms with Gasteiger partial charge in [0.15, 0.2) is 5.82 Å². The van der Waals surface area contributed by atoms with Gasteiger partial charge in [-0.2, -0.15) is 10.1 Å². The van der Waals surface area contributed by atoms with E-state index < -0.39 is 5.76 Å². The summed E-state index contributed by atoms with van der Waals surface area (Å²) in [6.07, 6.45) is 2.10. The fourth-order valence-corrected chi connectivity index (χ4v) is 3.29. The molecule has 4 nitrogen and oxygen atoms in total. The molecular formula is C18H17N2O2S. The zero-order valence-electron chi connectivity index (χ0n) is 13.0. The van der Waals surface area contributed by atoms with E-state index >= 15 is 0 Å². The molecule has 0 atom stereocenters. The summed E-state index contributed by atoms with van der Waals surface area (Å²) in [4.78, 5) is 16.2. The quantitative estimate of drug-likeness (QED) is 0.707. The van der Waals surface area contributed by atoms with Crippen LogP contribution < -0.4 is 5.76 Å². The highest BCUT2D eigenvalue weighted by Gasteiger charge is 2.09. The van der Waals surface area contributed by atoms with Crippen LogP contribution in [-0.4, -0.2) is 15.9 Å². The number of aromatic amines is 1. The van der Waals surface area contributed by atoms with Gasteiger partial charge in [0.2, 0.25) is 0 Å². The molecule has 5 heteroatoms. The Labute approximate surface area is 138 Å². The molecule has 3 aromatic rings. The van der Waals surface area contributed by atoms with Crippen LogP contribution in [0.4, 0.5) is 0 Å². The molecule has 23 heavy (non-hydrogen) atoms. The van der Waals surface area contributed by atoms with Gasteiger partial charge in [0.05, 0.1) is 0 Å². The lowest BCUT2D eigenvalue weighted by molar-refractivity contribution is 0.388. The lowest BCUT2D eigenvalue weighted by Gasteiger charge is -2.11. The Bertz CT molecular complexity index is 867. The lowest BCUT2D eigenvalue weighted by Crippen LogP contribution is -1.95. The van der Waals surface area contributed by atoms with Crippen molar-refractivity contribution in [2.75, 3.05) is 5.75 Å². The SMILES string of the molecule is C[CH]c1ccc(-c2cccc(-c3nc(=O)o[nH]3)c2)c(SCC)c1. The van der Waals surface area contributed by atoms with Gasteiger partial charge in [-0.15, -0.1) is 11.8 Å². The van der Waals surface area contributed by atoms with Crippen LogP contribution in [0.15, 0.2) is 56.7 Å². The molecule has 0 saturated heterocycles. The highest BCUT2D eigenvalue weighted by atomic mass is 32.2. The Morgan fingerprint density at radius 3 is 2.74 bits per heavy atom. The largest absolute Gasteiger partial charge is 0.460 e. The van der Waals surface area contributed by atoms with Gasteiger partial charge in [0.1, 0.15) is 0 Å². The van der Waals surface area contributed by atoms with Crippen LogP contribution in [0.25, 0.3) is 22.5 Å². The fraction of sp³-hybridized carbons (Fsp3) is 0.167. The van der Waals surface area contributed by atoms with E-state index in [0.717, 1.165) is 16.9 Å². The molecule has 1 heterocycles. The third-order valence-corrected chi connectivity index (χ3v) is 4.46. The molecule has 3 rings (SSSR count). The predicted octanol–water partition coefficient (Wildman–Crippen LogP) is 4.38. The van der Waals surface area contributed by atoms with Crippen LogP contribution in [0.1, 0.15) is 19.4 Å². The minimum atomic E-state index is -0.615. The second-order valence-corrected chi connectivity index (χ2v) is 6.29. The van der Waals surface area contributed by atoms with Crippen molar-refractivity contribution in [2.45, 2.75) is 18.7 Å². The first-order chi connectivity index (χ1) is 11.2. The van der Waals surface area contributed by atoms with Gasteiger partial charge in [-0.25, -0.2) is 4.79 Å². The van der Waals surface area contributed by atoms with Crippen molar-refractivity contribution in [2.24, 2.45) is 0 Å². The van der Waals surface area contributed by atoms with E-state index in [1.54, 1.807) is 0 Å². The first kappa shape index (κ1) is 15.6. The van der Waals surface area contributed by atoms with Crippen molar-refractivity contribution in [3.05, 3.63) is 65.0 Å². The van der Waals surface area contributed by atoms with Crippen molar-refractivity contribution in [1.82, 2.24) is 10.1 Å². The second-order valence-electron chi connectivity index (χ2n) is 4.99. The van der Waals surface area contributed by atoms with E-state index in [2.05, 4.69) is 52.3 Å². The zero-order valence-corrected chi connectivity index (χ0v) is 13.8. The highest BCUT2D eigenvalue weighted by molar-refractivity contribution is 7.99. The normalized spacial score (nSPS) is 10.9. The minimum absolute atomic E-state index is 0.444. The standard InChI is InChI=1S/C18H17N2O2S/c1-3-12-8-9-15(16(10-12)23-4-2)13-6-5-7-14(11-13)17-19-18(21)22-20-17/h3,5-11H,4H2,1-2H3,(H,19,20,21). The third kappa shape index (κ3) is 3.40. The van der Waals surface area contributed by atoms with E-state index in [-0.39, 0.29) is 0 Å². The van der Waals surface area contributed by atoms with Crippen LogP contribution in [-0.2, 0) is 0 Å². The Kier molecular flexibility index (Phi) is 4.67. The second kappa shape index (κ2) is 6.87. The van der Waals surface area contributed by atoms with Crippen LogP contribution >= 0.6 is 11.8 Å². The Morgan fingerprint density at radius 1 is 1.22 bits per heavy atom. The van der Waals surface area contributed by atoms with E-state index in [1.165, 1.54) is 16.0 Å². The summed E-state index contributed by atoms with van der Waals surface area (Å²) in [6, 6.07) is 14.4. The molecule has 0 bridgehead atoms. The van der Waals surface area contributed by atoms with Gasteiger partial charge in [0.25, 0.3) is 0 Å². The number of hydrogen-bond acceptors (Lipinski definition) is 4. The molecule has 1 aromatic heterocycles. The van der Waals surface area contributed by atoms with E-state index in [4.69, 9.17) is 0 Å². The van der Waals surface area contributed by atoms with E-state index in [0.29, 0.717) is 5.82 Å². The summed E-state index contributed by atoms with van der Waals surface area (Å²) in [7, 11) is 0. The zero-order chi connectivity index (χ0) is 16.2. The summed E-state index contributed by atoms with van der Waals surface area (Å²) in [5, 5.41) is 2.55. The molecule has 0 unspecified atom stereocenters. The van der Waals surface area contributed by atoms with Gasteiger partial charge in [-0.3, -0.25) is 0 Å². The number of hydrogen-bond donors (Lipinski definition) is 1. The average Bonchev–Trinajstić information content (AvgIpc) is 3.02. The van der Waals surface area contributed by atoms with Crippen molar-refractivity contribution < 1.29 is 4.52 Å². The van der Waals surface area contributed by atoms with Crippen LogP contribution in [0.5, 0.6) is 0 Å². The Hall–Kier alpha value is -2.27. The van der Waals surface area contributed by atoms with Crippen molar-refractivity contribution in [3.8, 4) is 22.5 Å². The summed E-state index contributed by atoms with van der Waals surface area (Å²) in [5.74, 6) is 0.840. The molecule has 0 saturated carbocycles. The van der Waals surface area contributed by atoms with Gasteiger partial charge in [-0.1, -0.05) is 44.2 Å². The number of benzene rings is 2. The molecule has 0 aliphatic rings. The first-order valence-corrected chi connectivity index (χ1v) is 8.42. The van der Waals surface area contributed by atoms with Crippen molar-refractivity contribution in [3.63, 3.8) is 0 Å². The molecule has 1 N–H and O–H groups in total.